The van der Waals surface area contributed by atoms with Crippen molar-refractivity contribution in [1.82, 2.24) is 0 Å². The van der Waals surface area contributed by atoms with Gasteiger partial charge >= 0.3 is 0 Å². The predicted molar refractivity (Wildman–Crippen MR) is 72.4 cm³/mol. The van der Waals surface area contributed by atoms with Gasteiger partial charge in [0.1, 0.15) is 5.75 Å². The SMILES string of the molecule is COc1cccc(-c2ccc(C(O)CN)cc2)c1. The smallest absolute Gasteiger partial charge is 0.119 e. The van der Waals surface area contributed by atoms with Gasteiger partial charge in [-0.05, 0) is 28.8 Å². The minimum Gasteiger partial charge on any atom is -0.497 e. The molecule has 0 spiro atoms. The summed E-state index contributed by atoms with van der Waals surface area (Å²) in [7, 11) is 1.65. The Labute approximate surface area is 107 Å². The van der Waals surface area contributed by atoms with Crippen LogP contribution < -0.4 is 10.5 Å². The zero-order valence-corrected chi connectivity index (χ0v) is 10.3. The molecular weight excluding hydrogens is 226 g/mol. The Kier molecular flexibility index (Phi) is 3.97. The van der Waals surface area contributed by atoms with Crippen LogP contribution in [0.25, 0.3) is 11.1 Å². The van der Waals surface area contributed by atoms with E-state index in [2.05, 4.69) is 0 Å². The lowest BCUT2D eigenvalue weighted by atomic mass is 10.0. The summed E-state index contributed by atoms with van der Waals surface area (Å²) in [6.45, 7) is 0.235. The standard InChI is InChI=1S/C15H17NO2/c1-18-14-4-2-3-13(9-14)11-5-7-12(8-6-11)15(17)10-16/h2-9,15,17H,10,16H2,1H3. The maximum absolute atomic E-state index is 9.63. The largest absolute Gasteiger partial charge is 0.497 e. The molecular formula is C15H17NO2. The summed E-state index contributed by atoms with van der Waals surface area (Å²) in [5, 5.41) is 9.63. The fourth-order valence-electron chi connectivity index (χ4n) is 1.84. The number of ether oxygens (including phenoxy) is 1. The lowest BCUT2D eigenvalue weighted by molar-refractivity contribution is 0.187. The molecule has 0 fully saturated rings. The van der Waals surface area contributed by atoms with Crippen molar-refractivity contribution < 1.29 is 9.84 Å². The van der Waals surface area contributed by atoms with E-state index in [1.807, 2.05) is 48.5 Å². The Morgan fingerprint density at radius 1 is 1.11 bits per heavy atom. The number of benzene rings is 2. The fourth-order valence-corrected chi connectivity index (χ4v) is 1.84. The molecule has 0 aliphatic heterocycles. The Bertz CT molecular complexity index is 508. The molecule has 3 nitrogen and oxygen atoms in total. The molecule has 0 aliphatic rings. The molecule has 2 aromatic rings. The molecule has 1 unspecified atom stereocenters. The highest BCUT2D eigenvalue weighted by Gasteiger charge is 2.05. The van der Waals surface area contributed by atoms with Gasteiger partial charge in [0.05, 0.1) is 13.2 Å². The van der Waals surface area contributed by atoms with Crippen LogP contribution in [0.2, 0.25) is 0 Å². The van der Waals surface area contributed by atoms with Crippen LogP contribution in [0.4, 0.5) is 0 Å². The highest BCUT2D eigenvalue weighted by Crippen LogP contribution is 2.25. The molecule has 2 aromatic carbocycles. The van der Waals surface area contributed by atoms with Crippen molar-refractivity contribution in [2.24, 2.45) is 5.73 Å². The third-order valence-electron chi connectivity index (χ3n) is 2.92. The number of aliphatic hydroxyl groups is 1. The molecule has 0 saturated carbocycles. The molecule has 0 radical (unpaired) electrons. The van der Waals surface area contributed by atoms with Crippen LogP contribution in [0, 0.1) is 0 Å². The van der Waals surface area contributed by atoms with Crippen molar-refractivity contribution in [2.75, 3.05) is 13.7 Å². The van der Waals surface area contributed by atoms with Crippen molar-refractivity contribution in [2.45, 2.75) is 6.10 Å². The summed E-state index contributed by atoms with van der Waals surface area (Å²) >= 11 is 0. The first kappa shape index (κ1) is 12.6. The number of methoxy groups -OCH3 is 1. The van der Waals surface area contributed by atoms with Crippen LogP contribution >= 0.6 is 0 Å². The van der Waals surface area contributed by atoms with Crippen molar-refractivity contribution in [1.29, 1.82) is 0 Å². The van der Waals surface area contributed by atoms with E-state index >= 15 is 0 Å². The van der Waals surface area contributed by atoms with E-state index in [4.69, 9.17) is 10.5 Å². The molecule has 0 amide bonds. The minimum atomic E-state index is -0.593. The van der Waals surface area contributed by atoms with E-state index in [0.717, 1.165) is 22.4 Å². The van der Waals surface area contributed by atoms with Gasteiger partial charge in [-0.25, -0.2) is 0 Å². The van der Waals surface area contributed by atoms with Crippen molar-refractivity contribution in [3.63, 3.8) is 0 Å². The number of aliphatic hydroxyl groups excluding tert-OH is 1. The van der Waals surface area contributed by atoms with Crippen molar-refractivity contribution in [3.8, 4) is 16.9 Å². The second kappa shape index (κ2) is 5.67. The highest BCUT2D eigenvalue weighted by molar-refractivity contribution is 5.65. The van der Waals surface area contributed by atoms with Gasteiger partial charge in [0.15, 0.2) is 0 Å². The van der Waals surface area contributed by atoms with Gasteiger partial charge in [0.25, 0.3) is 0 Å². The molecule has 2 rings (SSSR count). The number of hydrogen-bond donors (Lipinski definition) is 2. The molecule has 0 heterocycles. The first-order valence-electron chi connectivity index (χ1n) is 5.87. The summed E-state index contributed by atoms with van der Waals surface area (Å²) in [4.78, 5) is 0. The van der Waals surface area contributed by atoms with Gasteiger partial charge in [0, 0.05) is 6.54 Å². The zero-order chi connectivity index (χ0) is 13.0. The van der Waals surface area contributed by atoms with Crippen LogP contribution in [0.3, 0.4) is 0 Å². The first-order chi connectivity index (χ1) is 8.74. The van der Waals surface area contributed by atoms with Crippen molar-refractivity contribution in [3.05, 3.63) is 54.1 Å². The lowest BCUT2D eigenvalue weighted by Gasteiger charge is -2.09. The molecule has 3 N–H and O–H groups in total. The average Bonchev–Trinajstić information content (AvgIpc) is 2.46. The first-order valence-corrected chi connectivity index (χ1v) is 5.87. The van der Waals surface area contributed by atoms with Gasteiger partial charge in [-0.1, -0.05) is 36.4 Å². The van der Waals surface area contributed by atoms with E-state index in [1.165, 1.54) is 0 Å². The maximum Gasteiger partial charge on any atom is 0.119 e. The molecule has 94 valence electrons. The van der Waals surface area contributed by atoms with E-state index < -0.39 is 6.10 Å². The molecule has 0 bridgehead atoms. The van der Waals surface area contributed by atoms with Crippen LogP contribution in [0.1, 0.15) is 11.7 Å². The average molecular weight is 243 g/mol. The molecule has 0 saturated heterocycles. The van der Waals surface area contributed by atoms with E-state index in [-0.39, 0.29) is 6.54 Å². The topological polar surface area (TPSA) is 55.5 Å². The number of hydrogen-bond acceptors (Lipinski definition) is 3. The predicted octanol–water partition coefficient (Wildman–Crippen LogP) is 2.35. The molecule has 0 aliphatic carbocycles. The van der Waals surface area contributed by atoms with Gasteiger partial charge in [0.2, 0.25) is 0 Å². The number of rotatable bonds is 4. The minimum absolute atomic E-state index is 0.235. The van der Waals surface area contributed by atoms with Gasteiger partial charge < -0.3 is 15.6 Å². The summed E-state index contributed by atoms with van der Waals surface area (Å²) in [5.74, 6) is 0.832. The normalized spacial score (nSPS) is 12.2. The van der Waals surface area contributed by atoms with Crippen LogP contribution in [-0.2, 0) is 0 Å². The molecule has 1 atom stereocenters. The Morgan fingerprint density at radius 2 is 1.83 bits per heavy atom. The van der Waals surface area contributed by atoms with Gasteiger partial charge in [-0.3, -0.25) is 0 Å². The maximum atomic E-state index is 9.63. The summed E-state index contributed by atoms with van der Waals surface area (Å²) in [6.07, 6.45) is -0.593. The Hall–Kier alpha value is -1.84. The van der Waals surface area contributed by atoms with Crippen LogP contribution in [0.5, 0.6) is 5.75 Å². The quantitative estimate of drug-likeness (QED) is 0.866. The van der Waals surface area contributed by atoms with Gasteiger partial charge in [-0.2, -0.15) is 0 Å². The molecule has 3 heteroatoms. The monoisotopic (exact) mass is 243 g/mol. The summed E-state index contributed by atoms with van der Waals surface area (Å²) in [6, 6.07) is 15.6. The highest BCUT2D eigenvalue weighted by atomic mass is 16.5. The molecule has 18 heavy (non-hydrogen) atoms. The summed E-state index contributed by atoms with van der Waals surface area (Å²) < 4.78 is 5.20. The Balaban J connectivity index is 2.28. The number of nitrogens with two attached hydrogens (primary N) is 1. The van der Waals surface area contributed by atoms with E-state index in [9.17, 15) is 5.11 Å². The zero-order valence-electron chi connectivity index (χ0n) is 10.3. The molecule has 0 aromatic heterocycles. The second-order valence-electron chi connectivity index (χ2n) is 4.11. The van der Waals surface area contributed by atoms with Crippen LogP contribution in [0.15, 0.2) is 48.5 Å². The third-order valence-corrected chi connectivity index (χ3v) is 2.92. The summed E-state index contributed by atoms with van der Waals surface area (Å²) in [5.41, 5.74) is 8.43. The lowest BCUT2D eigenvalue weighted by Crippen LogP contribution is -2.11. The fraction of sp³-hybridized carbons (Fsp3) is 0.200. The van der Waals surface area contributed by atoms with E-state index in [1.54, 1.807) is 7.11 Å². The van der Waals surface area contributed by atoms with Crippen LogP contribution in [-0.4, -0.2) is 18.8 Å². The second-order valence-corrected chi connectivity index (χ2v) is 4.11. The van der Waals surface area contributed by atoms with E-state index in [0.29, 0.717) is 0 Å². The Morgan fingerprint density at radius 3 is 2.44 bits per heavy atom. The third kappa shape index (κ3) is 2.70. The van der Waals surface area contributed by atoms with Gasteiger partial charge in [-0.15, -0.1) is 0 Å². The van der Waals surface area contributed by atoms with Crippen molar-refractivity contribution >= 4 is 0 Å².